The van der Waals surface area contributed by atoms with E-state index in [0.29, 0.717) is 34.5 Å². The highest BCUT2D eigenvalue weighted by Gasteiger charge is 2.16. The zero-order valence-electron chi connectivity index (χ0n) is 13.5. The third-order valence-electron chi connectivity index (χ3n) is 2.94. The summed E-state index contributed by atoms with van der Waals surface area (Å²) in [4.78, 5) is 12.0. The van der Waals surface area contributed by atoms with Gasteiger partial charge in [0.15, 0.2) is 5.57 Å². The molecule has 0 heterocycles. The predicted octanol–water partition coefficient (Wildman–Crippen LogP) is 3.68. The molecule has 0 aliphatic heterocycles. The molecular weight excluding hydrogens is 353 g/mol. The lowest BCUT2D eigenvalue weighted by molar-refractivity contribution is -0.140. The van der Waals surface area contributed by atoms with E-state index < -0.39 is 5.97 Å². The lowest BCUT2D eigenvalue weighted by atomic mass is 10.2. The molecule has 0 aliphatic carbocycles. The first-order chi connectivity index (χ1) is 11.5. The van der Waals surface area contributed by atoms with Gasteiger partial charge < -0.3 is 14.9 Å². The summed E-state index contributed by atoms with van der Waals surface area (Å²) in [5.41, 5.74) is 6.46. The molecule has 0 spiro atoms. The Bertz CT molecular complexity index is 642. The first-order valence-electron chi connectivity index (χ1n) is 7.39. The van der Waals surface area contributed by atoms with Crippen LogP contribution in [0.25, 0.3) is 0 Å². The lowest BCUT2D eigenvalue weighted by Gasteiger charge is -2.15. The topological polar surface area (TPSA) is 83.4 Å². The molecule has 2 N–H and O–H groups in total. The Morgan fingerprint density at radius 1 is 1.29 bits per heavy atom. The lowest BCUT2D eigenvalue weighted by Crippen LogP contribution is -2.25. The average Bonchev–Trinajstić information content (AvgIpc) is 2.58. The number of benzene rings is 1. The molecule has 0 fully saturated rings. The summed E-state index contributed by atoms with van der Waals surface area (Å²) >= 11 is 12.0. The van der Waals surface area contributed by atoms with E-state index >= 15 is 0 Å². The van der Waals surface area contributed by atoms with E-state index in [4.69, 9.17) is 32.7 Å². The fourth-order valence-corrected chi connectivity index (χ4v) is 2.06. The monoisotopic (exact) mass is 371 g/mol. The fraction of sp³-hybridized carbons (Fsp3) is 0.375. The Morgan fingerprint density at radius 2 is 2.04 bits per heavy atom. The fourth-order valence-electron chi connectivity index (χ4n) is 1.72. The van der Waals surface area contributed by atoms with Gasteiger partial charge in [0, 0.05) is 6.61 Å². The van der Waals surface area contributed by atoms with Crippen molar-refractivity contribution in [3.8, 4) is 6.07 Å². The normalized spacial score (nSPS) is 11.3. The maximum absolute atomic E-state index is 12.0. The van der Waals surface area contributed by atoms with E-state index in [1.807, 2.05) is 13.0 Å². The number of nitrogens with zero attached hydrogens (tertiary/aromatic N) is 1. The Labute approximate surface area is 151 Å². The summed E-state index contributed by atoms with van der Waals surface area (Å²) in [6, 6.07) is 6.95. The molecule has 1 aromatic rings. The number of ether oxygens (including phenoxy) is 2. The van der Waals surface area contributed by atoms with Crippen molar-refractivity contribution in [3.05, 3.63) is 39.5 Å². The predicted molar refractivity (Wildman–Crippen MR) is 93.6 cm³/mol. The summed E-state index contributed by atoms with van der Waals surface area (Å²) < 4.78 is 10.1. The van der Waals surface area contributed by atoms with Gasteiger partial charge >= 0.3 is 5.97 Å². The Balaban J connectivity index is 2.79. The molecule has 0 atom stereocenters. The molecule has 1 rings (SSSR count). The second-order valence-electron chi connectivity index (χ2n) is 4.50. The maximum Gasteiger partial charge on any atom is 0.350 e. The third-order valence-corrected chi connectivity index (χ3v) is 3.75. The molecule has 0 unspecified atom stereocenters. The standard InChI is InChI=1S/C16H19Cl2N3O3/c1-3-13(11(10-19)16(22)24-9-8-23-4-2)20-21-14-7-5-6-12(17)15(14)18/h5-7,20-21H,3-4,8-9H2,1-2H3/b13-11-. The number of allylic oxidation sites excluding steroid dienone is 1. The molecule has 0 saturated carbocycles. The average molecular weight is 372 g/mol. The van der Waals surface area contributed by atoms with Crippen molar-refractivity contribution in [1.82, 2.24) is 5.43 Å². The summed E-state index contributed by atoms with van der Waals surface area (Å²) in [6.45, 7) is 4.54. The van der Waals surface area contributed by atoms with Crippen LogP contribution in [0.3, 0.4) is 0 Å². The van der Waals surface area contributed by atoms with Crippen molar-refractivity contribution in [2.75, 3.05) is 25.2 Å². The van der Waals surface area contributed by atoms with Crippen LogP contribution in [-0.2, 0) is 14.3 Å². The smallest absolute Gasteiger partial charge is 0.350 e. The number of halogens is 2. The summed E-state index contributed by atoms with van der Waals surface area (Å²) in [7, 11) is 0. The van der Waals surface area contributed by atoms with Crippen LogP contribution in [0.5, 0.6) is 0 Å². The zero-order valence-corrected chi connectivity index (χ0v) is 15.0. The van der Waals surface area contributed by atoms with Gasteiger partial charge in [-0.15, -0.1) is 0 Å². The van der Waals surface area contributed by atoms with Crippen molar-refractivity contribution in [3.63, 3.8) is 0 Å². The number of carbonyl (C=O) groups is 1. The number of nitrogens with one attached hydrogen (secondary N) is 2. The molecule has 0 amide bonds. The minimum atomic E-state index is -0.708. The van der Waals surface area contributed by atoms with E-state index in [2.05, 4.69) is 10.9 Å². The Morgan fingerprint density at radius 3 is 2.67 bits per heavy atom. The molecule has 0 radical (unpaired) electrons. The van der Waals surface area contributed by atoms with Gasteiger partial charge in [0.1, 0.15) is 12.7 Å². The van der Waals surface area contributed by atoms with Crippen molar-refractivity contribution >= 4 is 34.9 Å². The number of hydrazine groups is 1. The summed E-state index contributed by atoms with van der Waals surface area (Å²) in [5, 5.41) is 9.97. The van der Waals surface area contributed by atoms with Crippen molar-refractivity contribution in [1.29, 1.82) is 5.26 Å². The SMILES string of the molecule is CCOCCOC(=O)/C(C#N)=C(/CC)NNc1cccc(Cl)c1Cl. The number of rotatable bonds is 9. The van der Waals surface area contributed by atoms with Gasteiger partial charge in [0.25, 0.3) is 0 Å². The van der Waals surface area contributed by atoms with Crippen molar-refractivity contribution in [2.45, 2.75) is 20.3 Å². The molecule has 0 aliphatic rings. The molecular formula is C16H19Cl2N3O3. The van der Waals surface area contributed by atoms with Crippen molar-refractivity contribution < 1.29 is 14.3 Å². The van der Waals surface area contributed by atoms with Gasteiger partial charge in [-0.2, -0.15) is 5.26 Å². The molecule has 0 aromatic heterocycles. The number of carbonyl (C=O) groups excluding carboxylic acids is 1. The molecule has 8 heteroatoms. The minimum absolute atomic E-state index is 0.0857. The number of anilines is 1. The number of hydrogen-bond acceptors (Lipinski definition) is 6. The van der Waals surface area contributed by atoms with Gasteiger partial charge in [-0.25, -0.2) is 4.79 Å². The van der Waals surface area contributed by atoms with Crippen LogP contribution in [0.1, 0.15) is 20.3 Å². The van der Waals surface area contributed by atoms with Crippen LogP contribution in [0, 0.1) is 11.3 Å². The maximum atomic E-state index is 12.0. The Hall–Kier alpha value is -1.94. The first-order valence-corrected chi connectivity index (χ1v) is 8.14. The van der Waals surface area contributed by atoms with Crippen LogP contribution in [0.2, 0.25) is 10.0 Å². The first kappa shape index (κ1) is 20.1. The highest BCUT2D eigenvalue weighted by molar-refractivity contribution is 6.43. The highest BCUT2D eigenvalue weighted by atomic mass is 35.5. The van der Waals surface area contributed by atoms with Crippen LogP contribution < -0.4 is 10.9 Å². The molecule has 24 heavy (non-hydrogen) atoms. The van der Waals surface area contributed by atoms with E-state index in [-0.39, 0.29) is 18.8 Å². The molecule has 130 valence electrons. The number of nitriles is 1. The molecule has 1 aromatic carbocycles. The third kappa shape index (κ3) is 5.93. The van der Waals surface area contributed by atoms with E-state index in [9.17, 15) is 10.1 Å². The Kier molecular flexibility index (Phi) is 9.02. The second-order valence-corrected chi connectivity index (χ2v) is 5.29. The van der Waals surface area contributed by atoms with E-state index in [1.54, 1.807) is 25.1 Å². The van der Waals surface area contributed by atoms with Crippen LogP contribution in [-0.4, -0.2) is 25.8 Å². The van der Waals surface area contributed by atoms with Crippen LogP contribution in [0.4, 0.5) is 5.69 Å². The van der Waals surface area contributed by atoms with Crippen LogP contribution >= 0.6 is 23.2 Å². The summed E-state index contributed by atoms with van der Waals surface area (Å²) in [5.74, 6) is -0.708. The van der Waals surface area contributed by atoms with Gasteiger partial charge in [-0.05, 0) is 25.5 Å². The van der Waals surface area contributed by atoms with Crippen LogP contribution in [0.15, 0.2) is 29.5 Å². The zero-order chi connectivity index (χ0) is 17.9. The van der Waals surface area contributed by atoms with Gasteiger partial charge in [0.2, 0.25) is 0 Å². The molecule has 0 bridgehead atoms. The number of esters is 1. The minimum Gasteiger partial charge on any atom is -0.459 e. The molecule has 6 nitrogen and oxygen atoms in total. The second kappa shape index (κ2) is 10.8. The van der Waals surface area contributed by atoms with Gasteiger partial charge in [-0.1, -0.05) is 36.2 Å². The quantitative estimate of drug-likeness (QED) is 0.226. The largest absolute Gasteiger partial charge is 0.459 e. The number of hydrogen-bond donors (Lipinski definition) is 2. The van der Waals surface area contributed by atoms with Gasteiger partial charge in [0.05, 0.1) is 28.0 Å². The molecule has 0 saturated heterocycles. The van der Waals surface area contributed by atoms with Gasteiger partial charge in [-0.3, -0.25) is 5.43 Å². The highest BCUT2D eigenvalue weighted by Crippen LogP contribution is 2.29. The summed E-state index contributed by atoms with van der Waals surface area (Å²) in [6.07, 6.45) is 0.411. The van der Waals surface area contributed by atoms with E-state index in [1.165, 1.54) is 0 Å². The van der Waals surface area contributed by atoms with E-state index in [0.717, 1.165) is 0 Å². The van der Waals surface area contributed by atoms with Crippen molar-refractivity contribution in [2.24, 2.45) is 0 Å².